The number of hydrogen-bond donors (Lipinski definition) is 1. The van der Waals surface area contributed by atoms with Crippen LogP contribution in [0.2, 0.25) is 0 Å². The predicted octanol–water partition coefficient (Wildman–Crippen LogP) is 4.18. The number of carbonyl (C=O) groups excluding carboxylic acids is 4. The summed E-state index contributed by atoms with van der Waals surface area (Å²) in [7, 11) is 2.29. The third-order valence-corrected chi connectivity index (χ3v) is 11.0. The second-order valence-corrected chi connectivity index (χ2v) is 13.6. The number of nitrogens with one attached hydrogen (secondary N) is 1. The number of hydrogen-bond acceptors (Lipinski definition) is 7. The number of fused-ring (bicyclic) bond motifs is 1. The summed E-state index contributed by atoms with van der Waals surface area (Å²) in [5, 5.41) is 2.24. The summed E-state index contributed by atoms with van der Waals surface area (Å²) in [6.07, 6.45) is 10.6. The van der Waals surface area contributed by atoms with Crippen molar-refractivity contribution in [3.05, 3.63) is 58.9 Å². The number of aromatic nitrogens is 1. The van der Waals surface area contributed by atoms with E-state index in [-0.39, 0.29) is 18.7 Å². The summed E-state index contributed by atoms with van der Waals surface area (Å²) in [5.41, 5.74) is 3.12. The van der Waals surface area contributed by atoms with Crippen LogP contribution in [0.4, 0.5) is 0 Å². The van der Waals surface area contributed by atoms with Gasteiger partial charge in [-0.05, 0) is 93.5 Å². The first kappa shape index (κ1) is 25.9. The first-order chi connectivity index (χ1) is 19.3. The van der Waals surface area contributed by atoms with Crippen molar-refractivity contribution in [2.75, 3.05) is 7.05 Å². The Kier molecular flexibility index (Phi) is 6.35. The molecule has 2 aromatic rings. The van der Waals surface area contributed by atoms with E-state index in [0.717, 1.165) is 34.9 Å². The van der Waals surface area contributed by atoms with Gasteiger partial charge in [0.05, 0.1) is 16.8 Å². The van der Waals surface area contributed by atoms with Gasteiger partial charge in [-0.2, -0.15) is 0 Å². The zero-order valence-electron chi connectivity index (χ0n) is 22.7. The SMILES string of the molecule is CN(Cc1ccc(CSc2cccc3c2C(=O)N(C2CCC(=O)NC2=O)C3=O)nc1)C12CC3CC(CC(C3)C1)C2. The first-order valence-corrected chi connectivity index (χ1v) is 15.4. The number of carbonyl (C=O) groups is 4. The molecule has 0 radical (unpaired) electrons. The van der Waals surface area contributed by atoms with Crippen molar-refractivity contribution in [2.45, 2.75) is 80.1 Å². The number of thioether (sulfide) groups is 1. The van der Waals surface area contributed by atoms with E-state index in [1.165, 1.54) is 55.9 Å². The molecule has 8 nitrogen and oxygen atoms in total. The molecular formula is C31H34N4O4S. The normalized spacial score (nSPS) is 30.8. The van der Waals surface area contributed by atoms with Crippen molar-refractivity contribution in [1.82, 2.24) is 20.1 Å². The van der Waals surface area contributed by atoms with E-state index in [9.17, 15) is 19.2 Å². The zero-order chi connectivity index (χ0) is 27.6. The third kappa shape index (κ3) is 4.38. The molecule has 4 bridgehead atoms. The largest absolute Gasteiger partial charge is 0.296 e. The van der Waals surface area contributed by atoms with Gasteiger partial charge in [0.2, 0.25) is 11.8 Å². The second kappa shape index (κ2) is 9.80. The molecule has 40 heavy (non-hydrogen) atoms. The van der Waals surface area contributed by atoms with E-state index in [1.54, 1.807) is 12.1 Å². The van der Waals surface area contributed by atoms with Crippen LogP contribution in [0.1, 0.15) is 83.3 Å². The molecule has 4 aliphatic carbocycles. The van der Waals surface area contributed by atoms with E-state index < -0.39 is 23.8 Å². The number of benzene rings is 1. The van der Waals surface area contributed by atoms with Crippen LogP contribution in [0, 0.1) is 17.8 Å². The van der Waals surface area contributed by atoms with E-state index in [2.05, 4.69) is 29.4 Å². The number of pyridine rings is 1. The fourth-order valence-electron chi connectivity index (χ4n) is 8.36. The summed E-state index contributed by atoms with van der Waals surface area (Å²) < 4.78 is 0. The van der Waals surface area contributed by atoms with Gasteiger partial charge in [0.1, 0.15) is 6.04 Å². The lowest BCUT2D eigenvalue weighted by Gasteiger charge is -2.60. The van der Waals surface area contributed by atoms with Gasteiger partial charge in [-0.25, -0.2) is 0 Å². The minimum Gasteiger partial charge on any atom is -0.296 e. The standard InChI is InChI=1S/C31H34N4O4S/c1-34(31-12-19-9-20(13-31)11-21(10-19)14-31)16-18-5-6-22(32-15-18)17-40-25-4-2-3-23-27(25)30(39)35(29(23)38)24-7-8-26(36)33-28(24)37/h2-6,15,19-21,24H,7-14,16-17H2,1H3,(H,33,36,37). The Balaban J connectivity index is 1.01. The van der Waals surface area contributed by atoms with Crippen molar-refractivity contribution in [1.29, 1.82) is 0 Å². The van der Waals surface area contributed by atoms with Crippen LogP contribution in [0.3, 0.4) is 0 Å². The molecule has 1 atom stereocenters. The van der Waals surface area contributed by atoms with Crippen LogP contribution >= 0.6 is 11.8 Å². The molecule has 3 heterocycles. The highest BCUT2D eigenvalue weighted by Gasteiger charge is 2.52. The van der Waals surface area contributed by atoms with Gasteiger partial charge >= 0.3 is 0 Å². The molecule has 4 amide bonds. The minimum absolute atomic E-state index is 0.103. The molecule has 5 fully saturated rings. The van der Waals surface area contributed by atoms with E-state index in [0.29, 0.717) is 27.3 Å². The second-order valence-electron chi connectivity index (χ2n) is 12.6. The summed E-state index contributed by atoms with van der Waals surface area (Å²) in [5.74, 6) is 1.37. The molecule has 1 aromatic heterocycles. The Morgan fingerprint density at radius 1 is 1.00 bits per heavy atom. The third-order valence-electron chi connectivity index (χ3n) is 9.93. The van der Waals surface area contributed by atoms with Gasteiger partial charge in [-0.1, -0.05) is 12.1 Å². The molecular weight excluding hydrogens is 524 g/mol. The van der Waals surface area contributed by atoms with Gasteiger partial charge in [0.15, 0.2) is 0 Å². The van der Waals surface area contributed by atoms with Crippen LogP contribution in [0.5, 0.6) is 0 Å². The number of rotatable bonds is 7. The Hall–Kier alpha value is -3.04. The maximum Gasteiger partial charge on any atom is 0.263 e. The Labute approximate surface area is 238 Å². The molecule has 4 saturated carbocycles. The highest BCUT2D eigenvalue weighted by molar-refractivity contribution is 7.98. The van der Waals surface area contributed by atoms with Crippen molar-refractivity contribution >= 4 is 35.4 Å². The molecule has 1 aromatic carbocycles. The Bertz CT molecular complexity index is 1370. The van der Waals surface area contributed by atoms with E-state index in [1.807, 2.05) is 12.3 Å². The van der Waals surface area contributed by atoms with Crippen molar-refractivity contribution in [3.63, 3.8) is 0 Å². The first-order valence-electron chi connectivity index (χ1n) is 14.4. The van der Waals surface area contributed by atoms with Gasteiger partial charge in [-0.3, -0.25) is 39.3 Å². The molecule has 1 unspecified atom stereocenters. The molecule has 1 saturated heterocycles. The highest BCUT2D eigenvalue weighted by atomic mass is 32.2. The fraction of sp³-hybridized carbons (Fsp3) is 0.516. The molecule has 6 aliphatic rings. The van der Waals surface area contributed by atoms with Gasteiger partial charge in [-0.15, -0.1) is 11.8 Å². The van der Waals surface area contributed by atoms with E-state index in [4.69, 9.17) is 4.98 Å². The van der Waals surface area contributed by atoms with Gasteiger partial charge in [0, 0.05) is 35.3 Å². The Morgan fingerprint density at radius 3 is 2.38 bits per heavy atom. The van der Waals surface area contributed by atoms with Crippen LogP contribution in [0.15, 0.2) is 41.4 Å². The summed E-state index contributed by atoms with van der Waals surface area (Å²) in [6, 6.07) is 8.47. The van der Waals surface area contributed by atoms with E-state index >= 15 is 0 Å². The molecule has 0 spiro atoms. The number of imide groups is 2. The molecule has 2 aliphatic heterocycles. The van der Waals surface area contributed by atoms with Crippen molar-refractivity contribution in [3.8, 4) is 0 Å². The lowest BCUT2D eigenvalue weighted by Crippen LogP contribution is -2.58. The maximum atomic E-state index is 13.3. The smallest absolute Gasteiger partial charge is 0.263 e. The van der Waals surface area contributed by atoms with Crippen LogP contribution < -0.4 is 5.32 Å². The number of piperidine rings is 1. The van der Waals surface area contributed by atoms with Crippen LogP contribution in [-0.2, 0) is 21.9 Å². The predicted molar refractivity (Wildman–Crippen MR) is 149 cm³/mol. The van der Waals surface area contributed by atoms with Gasteiger partial charge in [0.25, 0.3) is 11.8 Å². The summed E-state index contributed by atoms with van der Waals surface area (Å²) in [6.45, 7) is 0.908. The summed E-state index contributed by atoms with van der Waals surface area (Å²) in [4.78, 5) is 59.4. The van der Waals surface area contributed by atoms with Crippen LogP contribution in [-0.4, -0.2) is 57.0 Å². The lowest BCUT2D eigenvalue weighted by molar-refractivity contribution is -0.136. The molecule has 208 valence electrons. The minimum atomic E-state index is -0.964. The monoisotopic (exact) mass is 558 g/mol. The maximum absolute atomic E-state index is 13.3. The molecule has 9 heteroatoms. The number of amides is 4. The quantitative estimate of drug-likeness (QED) is 0.402. The average molecular weight is 559 g/mol. The molecule has 8 rings (SSSR count). The summed E-state index contributed by atoms with van der Waals surface area (Å²) >= 11 is 1.47. The van der Waals surface area contributed by atoms with Crippen molar-refractivity contribution in [2.24, 2.45) is 17.8 Å². The van der Waals surface area contributed by atoms with Crippen LogP contribution in [0.25, 0.3) is 0 Å². The average Bonchev–Trinajstić information content (AvgIpc) is 3.17. The zero-order valence-corrected chi connectivity index (χ0v) is 23.5. The Morgan fingerprint density at radius 2 is 1.73 bits per heavy atom. The highest BCUT2D eigenvalue weighted by Crippen LogP contribution is 2.57. The van der Waals surface area contributed by atoms with Crippen molar-refractivity contribution < 1.29 is 19.2 Å². The lowest BCUT2D eigenvalue weighted by atomic mass is 9.52. The van der Waals surface area contributed by atoms with Gasteiger partial charge < -0.3 is 0 Å². The fourth-order valence-corrected chi connectivity index (χ4v) is 9.35. The molecule has 1 N–H and O–H groups in total. The number of nitrogens with zero attached hydrogens (tertiary/aromatic N) is 3. The topological polar surface area (TPSA) is 99.7 Å².